The Hall–Kier alpha value is -1.26. The molecule has 0 spiro atoms. The summed E-state index contributed by atoms with van der Waals surface area (Å²) >= 11 is 0. The van der Waals surface area contributed by atoms with Crippen LogP contribution in [0.1, 0.15) is 49.2 Å². The average molecular weight is 287 g/mol. The van der Waals surface area contributed by atoms with Crippen LogP contribution in [0, 0.1) is 11.8 Å². The molecule has 1 atom stereocenters. The number of nitrogens with zero attached hydrogens (tertiary/aromatic N) is 1. The molecule has 0 bridgehead atoms. The Bertz CT molecular complexity index is 488. The zero-order valence-corrected chi connectivity index (χ0v) is 11.8. The van der Waals surface area contributed by atoms with Gasteiger partial charge in [-0.3, -0.25) is 4.79 Å². The summed E-state index contributed by atoms with van der Waals surface area (Å²) in [4.78, 5) is 11.7. The van der Waals surface area contributed by atoms with Crippen LogP contribution in [0.3, 0.4) is 0 Å². The molecule has 0 fully saturated rings. The molecule has 2 nitrogen and oxygen atoms in total. The molecule has 0 aliphatic heterocycles. The van der Waals surface area contributed by atoms with Gasteiger partial charge in [-0.15, -0.1) is 0 Å². The molecule has 20 heavy (non-hydrogen) atoms. The predicted octanol–water partition coefficient (Wildman–Crippen LogP) is 4.23. The van der Waals surface area contributed by atoms with E-state index in [-0.39, 0.29) is 24.7 Å². The van der Waals surface area contributed by atoms with E-state index in [1.165, 1.54) is 0 Å². The molecule has 1 aromatic rings. The lowest BCUT2D eigenvalue weighted by Crippen LogP contribution is -2.29. The number of ketones is 1. The highest BCUT2D eigenvalue weighted by Gasteiger charge is 2.40. The fraction of sp³-hybridized carbons (Fsp3) is 0.667. The summed E-state index contributed by atoms with van der Waals surface area (Å²) in [6.45, 7) is 3.52. The van der Waals surface area contributed by atoms with E-state index in [4.69, 9.17) is 0 Å². The minimum Gasteiger partial charge on any atom is -0.350 e. The Labute approximate surface area is 117 Å². The first kappa shape index (κ1) is 15.1. The van der Waals surface area contributed by atoms with E-state index in [0.717, 1.165) is 12.1 Å². The number of Topliss-reactive ketones (excluding diaryl/α,β-unsaturated/α-hetero) is 1. The number of halogens is 3. The van der Waals surface area contributed by atoms with Crippen molar-refractivity contribution in [1.29, 1.82) is 0 Å². The van der Waals surface area contributed by atoms with Crippen LogP contribution >= 0.6 is 0 Å². The normalized spacial score (nSPS) is 17.4. The van der Waals surface area contributed by atoms with Crippen LogP contribution in [0.4, 0.5) is 13.2 Å². The highest BCUT2D eigenvalue weighted by atomic mass is 19.4. The Morgan fingerprint density at radius 3 is 2.60 bits per heavy atom. The van der Waals surface area contributed by atoms with Crippen molar-refractivity contribution in [2.45, 2.75) is 52.3 Å². The third-order valence-corrected chi connectivity index (χ3v) is 3.83. The maximum absolute atomic E-state index is 13.1. The average Bonchev–Trinajstić information content (AvgIpc) is 2.71. The minimum atomic E-state index is -4.19. The van der Waals surface area contributed by atoms with Crippen LogP contribution in [-0.2, 0) is 13.0 Å². The fourth-order valence-electron chi connectivity index (χ4n) is 2.88. The summed E-state index contributed by atoms with van der Waals surface area (Å²) in [5.74, 6) is -1.30. The molecule has 1 aliphatic carbocycles. The Balaban J connectivity index is 2.21. The van der Waals surface area contributed by atoms with Crippen molar-refractivity contribution in [1.82, 2.24) is 4.57 Å². The molecular weight excluding hydrogens is 267 g/mol. The molecule has 0 aromatic carbocycles. The highest BCUT2D eigenvalue weighted by Crippen LogP contribution is 2.34. The van der Waals surface area contributed by atoms with Crippen molar-refractivity contribution in [2.75, 3.05) is 0 Å². The number of aromatic nitrogens is 1. The maximum Gasteiger partial charge on any atom is 0.393 e. The standard InChI is InChI=1S/C15H20F3NO/c1-10(2)8-11(15(16,17)18)9-19-7-6-12-13(19)4-3-5-14(12)20/h6-7,10-11H,3-5,8-9H2,1-2H3. The van der Waals surface area contributed by atoms with Gasteiger partial charge in [0.05, 0.1) is 5.92 Å². The van der Waals surface area contributed by atoms with Crippen LogP contribution in [0.25, 0.3) is 0 Å². The number of fused-ring (bicyclic) bond motifs is 1. The smallest absolute Gasteiger partial charge is 0.350 e. The lowest BCUT2D eigenvalue weighted by atomic mass is 9.94. The van der Waals surface area contributed by atoms with Crippen molar-refractivity contribution in [2.24, 2.45) is 11.8 Å². The second-order valence-corrected chi connectivity index (χ2v) is 5.97. The molecule has 0 N–H and O–H groups in total. The second kappa shape index (κ2) is 5.62. The van der Waals surface area contributed by atoms with Crippen LogP contribution in [0.15, 0.2) is 12.3 Å². The van der Waals surface area contributed by atoms with Gasteiger partial charge in [-0.05, 0) is 31.2 Å². The van der Waals surface area contributed by atoms with Crippen LogP contribution < -0.4 is 0 Å². The van der Waals surface area contributed by atoms with Gasteiger partial charge < -0.3 is 4.57 Å². The molecule has 0 radical (unpaired) electrons. The maximum atomic E-state index is 13.1. The van der Waals surface area contributed by atoms with E-state index < -0.39 is 12.1 Å². The summed E-state index contributed by atoms with van der Waals surface area (Å²) in [7, 11) is 0. The van der Waals surface area contributed by atoms with E-state index in [2.05, 4.69) is 0 Å². The van der Waals surface area contributed by atoms with Gasteiger partial charge in [-0.1, -0.05) is 13.8 Å². The minimum absolute atomic E-state index is 0.00496. The van der Waals surface area contributed by atoms with Crippen LogP contribution in [0.5, 0.6) is 0 Å². The first-order chi connectivity index (χ1) is 9.29. The topological polar surface area (TPSA) is 22.0 Å². The largest absolute Gasteiger partial charge is 0.393 e. The Kier molecular flexibility index (Phi) is 4.25. The Morgan fingerprint density at radius 1 is 1.30 bits per heavy atom. The quantitative estimate of drug-likeness (QED) is 0.812. The molecule has 1 aliphatic rings. The van der Waals surface area contributed by atoms with Crippen molar-refractivity contribution < 1.29 is 18.0 Å². The van der Waals surface area contributed by atoms with Gasteiger partial charge >= 0.3 is 6.18 Å². The summed E-state index contributed by atoms with van der Waals surface area (Å²) in [5, 5.41) is 0. The van der Waals surface area contributed by atoms with Gasteiger partial charge in [0.15, 0.2) is 5.78 Å². The van der Waals surface area contributed by atoms with Crippen molar-refractivity contribution in [3.8, 4) is 0 Å². The summed E-state index contributed by atoms with van der Waals surface area (Å²) in [6, 6.07) is 1.67. The molecule has 1 heterocycles. The number of carbonyl (C=O) groups excluding carboxylic acids is 1. The van der Waals surface area contributed by atoms with E-state index in [1.807, 2.05) is 0 Å². The first-order valence-corrected chi connectivity index (χ1v) is 7.07. The predicted molar refractivity (Wildman–Crippen MR) is 70.7 cm³/mol. The van der Waals surface area contributed by atoms with Gasteiger partial charge in [-0.25, -0.2) is 0 Å². The molecule has 0 saturated carbocycles. The summed E-state index contributed by atoms with van der Waals surface area (Å²) in [5.41, 5.74) is 1.39. The third-order valence-electron chi connectivity index (χ3n) is 3.83. The lowest BCUT2D eigenvalue weighted by Gasteiger charge is -2.24. The summed E-state index contributed by atoms with van der Waals surface area (Å²) < 4.78 is 40.9. The molecule has 1 aromatic heterocycles. The van der Waals surface area contributed by atoms with E-state index in [0.29, 0.717) is 18.4 Å². The first-order valence-electron chi connectivity index (χ1n) is 7.07. The molecule has 5 heteroatoms. The van der Waals surface area contributed by atoms with E-state index >= 15 is 0 Å². The van der Waals surface area contributed by atoms with Gasteiger partial charge in [0.2, 0.25) is 0 Å². The van der Waals surface area contributed by atoms with Gasteiger partial charge in [0.25, 0.3) is 0 Å². The fourth-order valence-corrected chi connectivity index (χ4v) is 2.88. The zero-order valence-electron chi connectivity index (χ0n) is 11.8. The monoisotopic (exact) mass is 287 g/mol. The Morgan fingerprint density at radius 2 is 2.00 bits per heavy atom. The van der Waals surface area contributed by atoms with Gasteiger partial charge in [-0.2, -0.15) is 13.2 Å². The van der Waals surface area contributed by atoms with E-state index in [1.54, 1.807) is 30.7 Å². The van der Waals surface area contributed by atoms with Crippen molar-refractivity contribution >= 4 is 5.78 Å². The lowest BCUT2D eigenvalue weighted by molar-refractivity contribution is -0.182. The molecule has 0 amide bonds. The number of hydrogen-bond donors (Lipinski definition) is 0. The number of carbonyl (C=O) groups is 1. The number of rotatable bonds is 4. The van der Waals surface area contributed by atoms with Crippen LogP contribution in [-0.4, -0.2) is 16.5 Å². The third kappa shape index (κ3) is 3.25. The SMILES string of the molecule is CC(C)CC(Cn1ccc2c1CCCC2=O)C(F)(F)F. The van der Waals surface area contributed by atoms with Crippen molar-refractivity contribution in [3.63, 3.8) is 0 Å². The van der Waals surface area contributed by atoms with E-state index in [9.17, 15) is 18.0 Å². The summed E-state index contributed by atoms with van der Waals surface area (Å²) in [6.07, 6.45) is -0.514. The van der Waals surface area contributed by atoms with Crippen LogP contribution in [0.2, 0.25) is 0 Å². The van der Waals surface area contributed by atoms with Crippen molar-refractivity contribution in [3.05, 3.63) is 23.5 Å². The molecule has 2 rings (SSSR count). The molecule has 112 valence electrons. The van der Waals surface area contributed by atoms with Gasteiger partial charge in [0.1, 0.15) is 0 Å². The number of hydrogen-bond acceptors (Lipinski definition) is 1. The molecular formula is C15H20F3NO. The second-order valence-electron chi connectivity index (χ2n) is 5.97. The zero-order chi connectivity index (χ0) is 14.9. The molecule has 0 saturated heterocycles. The highest BCUT2D eigenvalue weighted by molar-refractivity contribution is 5.98. The van der Waals surface area contributed by atoms with Gasteiger partial charge in [0, 0.05) is 30.4 Å². The molecule has 1 unspecified atom stereocenters. The number of alkyl halides is 3.